The molecule has 3 heterocycles. The van der Waals surface area contributed by atoms with Gasteiger partial charge in [-0.15, -0.1) is 0 Å². The van der Waals surface area contributed by atoms with Crippen molar-refractivity contribution in [2.45, 2.75) is 38.3 Å². The molecule has 3 rings (SSSR count). The lowest BCUT2D eigenvalue weighted by Crippen LogP contribution is -2.51. The van der Waals surface area contributed by atoms with Crippen molar-refractivity contribution >= 4 is 11.9 Å². The molecule has 3 aliphatic rings. The van der Waals surface area contributed by atoms with E-state index in [9.17, 15) is 9.59 Å². The molecule has 0 aromatic heterocycles. The third kappa shape index (κ3) is 3.95. The molecule has 3 aliphatic heterocycles. The molecule has 3 amide bonds. The highest BCUT2D eigenvalue weighted by molar-refractivity contribution is 5.78. The summed E-state index contributed by atoms with van der Waals surface area (Å²) in [6.07, 6.45) is 3.06. The van der Waals surface area contributed by atoms with Crippen LogP contribution in [0.25, 0.3) is 0 Å². The van der Waals surface area contributed by atoms with Crippen LogP contribution in [0.5, 0.6) is 0 Å². The average molecular weight is 324 g/mol. The van der Waals surface area contributed by atoms with Crippen LogP contribution in [-0.2, 0) is 9.53 Å². The van der Waals surface area contributed by atoms with E-state index in [1.165, 1.54) is 0 Å². The van der Waals surface area contributed by atoms with E-state index in [1.807, 2.05) is 9.80 Å². The van der Waals surface area contributed by atoms with Crippen molar-refractivity contribution in [2.75, 3.05) is 52.4 Å². The molecule has 7 nitrogen and oxygen atoms in total. The van der Waals surface area contributed by atoms with Crippen molar-refractivity contribution in [3.05, 3.63) is 0 Å². The number of morpholine rings is 1. The molecule has 3 fully saturated rings. The van der Waals surface area contributed by atoms with Gasteiger partial charge in [0.2, 0.25) is 5.91 Å². The quantitative estimate of drug-likeness (QED) is 0.797. The van der Waals surface area contributed by atoms with E-state index in [-0.39, 0.29) is 18.0 Å². The van der Waals surface area contributed by atoms with E-state index < -0.39 is 0 Å². The Morgan fingerprint density at radius 2 is 2.04 bits per heavy atom. The smallest absolute Gasteiger partial charge is 0.317 e. The van der Waals surface area contributed by atoms with E-state index in [2.05, 4.69) is 17.1 Å². The Kier molecular flexibility index (Phi) is 5.38. The van der Waals surface area contributed by atoms with Crippen LogP contribution in [0.15, 0.2) is 0 Å². The number of likely N-dealkylation sites (tertiary alicyclic amines) is 1. The molecule has 0 saturated carbocycles. The van der Waals surface area contributed by atoms with E-state index >= 15 is 0 Å². The molecule has 7 heteroatoms. The molecule has 130 valence electrons. The second kappa shape index (κ2) is 7.49. The second-order valence-corrected chi connectivity index (χ2v) is 6.67. The maximum atomic E-state index is 12.5. The molecule has 0 radical (unpaired) electrons. The van der Waals surface area contributed by atoms with Crippen LogP contribution in [-0.4, -0.2) is 91.2 Å². The Balaban J connectivity index is 1.43. The number of nitrogens with one attached hydrogen (secondary N) is 1. The van der Waals surface area contributed by atoms with Gasteiger partial charge in [0.25, 0.3) is 0 Å². The Hall–Kier alpha value is -1.34. The van der Waals surface area contributed by atoms with Crippen molar-refractivity contribution in [1.82, 2.24) is 20.0 Å². The van der Waals surface area contributed by atoms with Crippen LogP contribution in [0.1, 0.15) is 26.2 Å². The summed E-state index contributed by atoms with van der Waals surface area (Å²) in [7, 11) is 0. The number of carbonyl (C=O) groups excluding carboxylic acids is 2. The van der Waals surface area contributed by atoms with Gasteiger partial charge in [-0.1, -0.05) is 6.92 Å². The number of ether oxygens (including phenoxy) is 1. The van der Waals surface area contributed by atoms with E-state index in [4.69, 9.17) is 4.74 Å². The summed E-state index contributed by atoms with van der Waals surface area (Å²) in [4.78, 5) is 30.3. The highest BCUT2D eigenvalue weighted by atomic mass is 16.5. The zero-order valence-electron chi connectivity index (χ0n) is 14.0. The zero-order valence-corrected chi connectivity index (χ0v) is 14.0. The lowest BCUT2D eigenvalue weighted by molar-refractivity contribution is -0.140. The molecule has 1 atom stereocenters. The largest absolute Gasteiger partial charge is 0.375 e. The molecule has 0 spiro atoms. The standard InChI is InChI=1S/C16H28N4O3/c1-2-14-11-19(9-10-23-14)15(21)12-18-6-3-13(4-7-18)20-8-5-17-16(20)22/h13-14H,2-12H2,1H3,(H,17,22)/t14-/m0/s1. The number of urea groups is 1. The lowest BCUT2D eigenvalue weighted by atomic mass is 10.0. The van der Waals surface area contributed by atoms with Crippen molar-refractivity contribution < 1.29 is 14.3 Å². The van der Waals surface area contributed by atoms with Gasteiger partial charge in [0.15, 0.2) is 0 Å². The van der Waals surface area contributed by atoms with E-state index in [0.717, 1.165) is 52.0 Å². The number of piperidine rings is 1. The fourth-order valence-corrected chi connectivity index (χ4v) is 3.71. The third-order valence-corrected chi connectivity index (χ3v) is 5.19. The molecular weight excluding hydrogens is 296 g/mol. The molecule has 3 saturated heterocycles. The predicted octanol–water partition coefficient (Wildman–Crippen LogP) is 0.113. The number of amides is 3. The monoisotopic (exact) mass is 324 g/mol. The Morgan fingerprint density at radius 3 is 2.70 bits per heavy atom. The van der Waals surface area contributed by atoms with Gasteiger partial charge >= 0.3 is 6.03 Å². The summed E-state index contributed by atoms with van der Waals surface area (Å²) in [5, 5.41) is 2.86. The van der Waals surface area contributed by atoms with Crippen LogP contribution < -0.4 is 5.32 Å². The molecule has 0 aromatic carbocycles. The summed E-state index contributed by atoms with van der Waals surface area (Å²) in [6, 6.07) is 0.398. The van der Waals surface area contributed by atoms with Crippen LogP contribution >= 0.6 is 0 Å². The first-order valence-electron chi connectivity index (χ1n) is 8.83. The van der Waals surface area contributed by atoms with Gasteiger partial charge in [-0.05, 0) is 19.3 Å². The molecule has 0 bridgehead atoms. The van der Waals surface area contributed by atoms with E-state index in [1.54, 1.807) is 0 Å². The fraction of sp³-hybridized carbons (Fsp3) is 0.875. The maximum Gasteiger partial charge on any atom is 0.317 e. The minimum atomic E-state index is 0.0680. The number of hydrogen-bond acceptors (Lipinski definition) is 4. The van der Waals surface area contributed by atoms with Gasteiger partial charge in [0.1, 0.15) is 0 Å². The summed E-state index contributed by atoms with van der Waals surface area (Å²) in [5.74, 6) is 0.212. The van der Waals surface area contributed by atoms with Gasteiger partial charge < -0.3 is 19.9 Å². The number of hydrogen-bond donors (Lipinski definition) is 1. The molecule has 0 aliphatic carbocycles. The Labute approximate surface area is 137 Å². The fourth-order valence-electron chi connectivity index (χ4n) is 3.71. The maximum absolute atomic E-state index is 12.5. The Bertz CT molecular complexity index is 437. The average Bonchev–Trinajstić information content (AvgIpc) is 3.01. The van der Waals surface area contributed by atoms with Crippen LogP contribution in [0.2, 0.25) is 0 Å². The van der Waals surface area contributed by atoms with Crippen LogP contribution in [0.4, 0.5) is 4.79 Å². The van der Waals surface area contributed by atoms with Gasteiger partial charge in [-0.25, -0.2) is 4.79 Å². The number of rotatable bonds is 4. The summed E-state index contributed by atoms with van der Waals surface area (Å²) in [5.41, 5.74) is 0. The van der Waals surface area contributed by atoms with Crippen molar-refractivity contribution in [3.8, 4) is 0 Å². The summed E-state index contributed by atoms with van der Waals surface area (Å²) in [6.45, 7) is 8.02. The normalized spacial score (nSPS) is 27.3. The van der Waals surface area contributed by atoms with Gasteiger partial charge in [-0.3, -0.25) is 9.69 Å². The molecular formula is C16H28N4O3. The minimum absolute atomic E-state index is 0.0680. The minimum Gasteiger partial charge on any atom is -0.375 e. The van der Waals surface area contributed by atoms with Gasteiger partial charge in [0.05, 0.1) is 19.3 Å². The number of nitrogens with zero attached hydrogens (tertiary/aromatic N) is 3. The second-order valence-electron chi connectivity index (χ2n) is 6.67. The van der Waals surface area contributed by atoms with Gasteiger partial charge in [0, 0.05) is 45.3 Å². The molecule has 0 aromatic rings. The Morgan fingerprint density at radius 1 is 1.26 bits per heavy atom. The zero-order chi connectivity index (χ0) is 16.2. The topological polar surface area (TPSA) is 65.1 Å². The van der Waals surface area contributed by atoms with E-state index in [0.29, 0.717) is 25.7 Å². The first-order valence-corrected chi connectivity index (χ1v) is 8.83. The summed E-state index contributed by atoms with van der Waals surface area (Å²) >= 11 is 0. The first-order chi connectivity index (χ1) is 11.2. The van der Waals surface area contributed by atoms with Crippen molar-refractivity contribution in [3.63, 3.8) is 0 Å². The third-order valence-electron chi connectivity index (χ3n) is 5.19. The van der Waals surface area contributed by atoms with Gasteiger partial charge in [-0.2, -0.15) is 0 Å². The van der Waals surface area contributed by atoms with Crippen molar-refractivity contribution in [2.24, 2.45) is 0 Å². The highest BCUT2D eigenvalue weighted by Crippen LogP contribution is 2.18. The lowest BCUT2D eigenvalue weighted by Gasteiger charge is -2.38. The predicted molar refractivity (Wildman–Crippen MR) is 86.2 cm³/mol. The molecule has 1 N–H and O–H groups in total. The van der Waals surface area contributed by atoms with Crippen LogP contribution in [0.3, 0.4) is 0 Å². The SMILES string of the molecule is CC[C@H]1CN(C(=O)CN2CCC(N3CCNC3=O)CC2)CCO1. The molecule has 23 heavy (non-hydrogen) atoms. The summed E-state index contributed by atoms with van der Waals surface area (Å²) < 4.78 is 5.63. The molecule has 0 unspecified atom stereocenters. The van der Waals surface area contributed by atoms with Crippen molar-refractivity contribution in [1.29, 1.82) is 0 Å². The van der Waals surface area contributed by atoms with Crippen LogP contribution in [0, 0.1) is 0 Å². The number of carbonyl (C=O) groups is 2. The first kappa shape index (κ1) is 16.5. The highest BCUT2D eigenvalue weighted by Gasteiger charge is 2.32.